The summed E-state index contributed by atoms with van der Waals surface area (Å²) < 4.78 is 24.9. The van der Waals surface area contributed by atoms with E-state index in [9.17, 15) is 13.2 Å². The summed E-state index contributed by atoms with van der Waals surface area (Å²) in [5.41, 5.74) is 8.79. The molecule has 0 unspecified atom stereocenters. The molecule has 8 heteroatoms. The molecule has 0 atom stereocenters. The zero-order valence-electron chi connectivity index (χ0n) is 11.2. The molecule has 0 saturated carbocycles. The first-order valence-corrected chi connectivity index (χ1v) is 7.94. The molecular weight excluding hydrogens is 280 g/mol. The summed E-state index contributed by atoms with van der Waals surface area (Å²) in [5, 5.41) is 5.77. The number of anilines is 3. The van der Waals surface area contributed by atoms with Crippen LogP contribution in [0.25, 0.3) is 0 Å². The van der Waals surface area contributed by atoms with Gasteiger partial charge in [0.05, 0.1) is 17.1 Å². The summed E-state index contributed by atoms with van der Waals surface area (Å²) in [6.07, 6.45) is 1.11. The molecule has 7 nitrogen and oxygen atoms in total. The molecular formula is C12H18N4O3S. The molecule has 5 N–H and O–H groups in total. The van der Waals surface area contributed by atoms with E-state index in [-0.39, 0.29) is 18.2 Å². The van der Waals surface area contributed by atoms with Gasteiger partial charge in [0, 0.05) is 18.7 Å². The fourth-order valence-electron chi connectivity index (χ4n) is 2.02. The molecule has 0 saturated heterocycles. The van der Waals surface area contributed by atoms with E-state index in [4.69, 9.17) is 5.73 Å². The molecule has 1 aliphatic heterocycles. The van der Waals surface area contributed by atoms with Crippen molar-refractivity contribution < 1.29 is 13.2 Å². The minimum Gasteiger partial charge on any atom is -0.397 e. The van der Waals surface area contributed by atoms with E-state index in [1.165, 1.54) is 7.05 Å². The van der Waals surface area contributed by atoms with Crippen molar-refractivity contribution in [3.05, 3.63) is 17.7 Å². The number of sulfonamides is 1. The first-order valence-electron chi connectivity index (χ1n) is 6.28. The second kappa shape index (κ2) is 5.68. The normalized spacial score (nSPS) is 14.6. The second-order valence-electron chi connectivity index (χ2n) is 4.59. The van der Waals surface area contributed by atoms with Crippen molar-refractivity contribution in [2.45, 2.75) is 12.8 Å². The van der Waals surface area contributed by atoms with Crippen molar-refractivity contribution in [1.82, 2.24) is 4.72 Å². The third-order valence-corrected chi connectivity index (χ3v) is 4.53. The van der Waals surface area contributed by atoms with Crippen LogP contribution in [0.1, 0.15) is 12.0 Å². The highest BCUT2D eigenvalue weighted by atomic mass is 32.2. The van der Waals surface area contributed by atoms with Gasteiger partial charge >= 0.3 is 0 Å². The maximum Gasteiger partial charge on any atom is 0.224 e. The fraction of sp³-hybridized carbons (Fsp3) is 0.417. The SMILES string of the molecule is CNS(=O)(=O)CCNc1cc2c(cc1N)NC(=O)CC2. The zero-order chi connectivity index (χ0) is 14.8. The molecule has 0 radical (unpaired) electrons. The van der Waals surface area contributed by atoms with Crippen LogP contribution in [0, 0.1) is 0 Å². The number of carbonyl (C=O) groups is 1. The van der Waals surface area contributed by atoms with Crippen LogP contribution in [0.3, 0.4) is 0 Å². The molecule has 0 fully saturated rings. The number of hydrogen-bond acceptors (Lipinski definition) is 5. The second-order valence-corrected chi connectivity index (χ2v) is 6.64. The molecule has 2 rings (SSSR count). The quantitative estimate of drug-likeness (QED) is 0.576. The van der Waals surface area contributed by atoms with E-state index < -0.39 is 10.0 Å². The summed E-state index contributed by atoms with van der Waals surface area (Å²) in [6, 6.07) is 3.55. The monoisotopic (exact) mass is 298 g/mol. The van der Waals surface area contributed by atoms with Gasteiger partial charge in [0.25, 0.3) is 0 Å². The lowest BCUT2D eigenvalue weighted by atomic mass is 10.0. The highest BCUT2D eigenvalue weighted by Gasteiger charge is 2.16. The van der Waals surface area contributed by atoms with Gasteiger partial charge in [-0.05, 0) is 31.2 Å². The highest BCUT2D eigenvalue weighted by molar-refractivity contribution is 7.89. The lowest BCUT2D eigenvalue weighted by molar-refractivity contribution is -0.116. The minimum atomic E-state index is -3.24. The largest absolute Gasteiger partial charge is 0.397 e. The van der Waals surface area contributed by atoms with Crippen molar-refractivity contribution in [1.29, 1.82) is 0 Å². The minimum absolute atomic E-state index is 0.0160. The van der Waals surface area contributed by atoms with Gasteiger partial charge in [0.1, 0.15) is 0 Å². The summed E-state index contributed by atoms with van der Waals surface area (Å²) in [7, 11) is -1.86. The fourth-order valence-corrected chi connectivity index (χ4v) is 2.60. The van der Waals surface area contributed by atoms with Crippen LogP contribution in [-0.2, 0) is 21.2 Å². The van der Waals surface area contributed by atoms with Gasteiger partial charge in [-0.25, -0.2) is 13.1 Å². The molecule has 1 aromatic rings. The first-order chi connectivity index (χ1) is 9.41. The Hall–Kier alpha value is -1.80. The third kappa shape index (κ3) is 3.40. The predicted octanol–water partition coefficient (Wildman–Crippen LogP) is 0.115. The Balaban J connectivity index is 2.08. The maximum atomic E-state index is 11.3. The number of hydrogen-bond donors (Lipinski definition) is 4. The summed E-state index contributed by atoms with van der Waals surface area (Å²) in [4.78, 5) is 11.3. The maximum absolute atomic E-state index is 11.3. The standard InChI is InChI=1S/C12H18N4O3S/c1-14-20(18,19)5-4-15-11-6-8-2-3-12(17)16-10(8)7-9(11)13/h6-7,14-15H,2-5,13H2,1H3,(H,16,17). The zero-order valence-corrected chi connectivity index (χ0v) is 12.0. The number of nitrogens with two attached hydrogens (primary N) is 1. The molecule has 1 aliphatic rings. The van der Waals surface area contributed by atoms with Crippen LogP contribution in [-0.4, -0.2) is 33.7 Å². The van der Waals surface area contributed by atoms with E-state index in [0.717, 1.165) is 11.3 Å². The topological polar surface area (TPSA) is 113 Å². The number of amides is 1. The molecule has 0 spiro atoms. The number of aryl methyl sites for hydroxylation is 1. The van der Waals surface area contributed by atoms with Crippen molar-refractivity contribution in [3.8, 4) is 0 Å². The third-order valence-electron chi connectivity index (χ3n) is 3.17. The Morgan fingerprint density at radius 1 is 1.35 bits per heavy atom. The average Bonchev–Trinajstić information content (AvgIpc) is 2.39. The smallest absolute Gasteiger partial charge is 0.224 e. The number of carbonyl (C=O) groups excluding carboxylic acids is 1. The molecule has 110 valence electrons. The van der Waals surface area contributed by atoms with Crippen LogP contribution in [0.5, 0.6) is 0 Å². The van der Waals surface area contributed by atoms with Crippen LogP contribution in [0.15, 0.2) is 12.1 Å². The Labute approximate surface area is 118 Å². The first kappa shape index (κ1) is 14.6. The van der Waals surface area contributed by atoms with Crippen molar-refractivity contribution >= 4 is 33.0 Å². The molecule has 0 aliphatic carbocycles. The number of rotatable bonds is 5. The van der Waals surface area contributed by atoms with E-state index in [1.807, 2.05) is 6.07 Å². The Kier molecular flexibility index (Phi) is 4.15. The Bertz CT molecular complexity index is 628. The molecule has 1 heterocycles. The number of nitrogens with one attached hydrogen (secondary N) is 3. The molecule has 20 heavy (non-hydrogen) atoms. The number of benzene rings is 1. The average molecular weight is 298 g/mol. The van der Waals surface area contributed by atoms with Crippen molar-refractivity contribution in [3.63, 3.8) is 0 Å². The van der Waals surface area contributed by atoms with Gasteiger partial charge in [0.15, 0.2) is 0 Å². The molecule has 1 aromatic carbocycles. The summed E-state index contributed by atoms with van der Waals surface area (Å²) in [5.74, 6) is -0.0470. The van der Waals surface area contributed by atoms with E-state index >= 15 is 0 Å². The highest BCUT2D eigenvalue weighted by Crippen LogP contribution is 2.30. The Morgan fingerprint density at radius 2 is 2.10 bits per heavy atom. The van der Waals surface area contributed by atoms with Crippen LogP contribution >= 0.6 is 0 Å². The number of nitrogen functional groups attached to an aromatic ring is 1. The lowest BCUT2D eigenvalue weighted by Crippen LogP contribution is -2.26. The van der Waals surface area contributed by atoms with Gasteiger partial charge in [-0.3, -0.25) is 4.79 Å². The molecule has 1 amide bonds. The van der Waals surface area contributed by atoms with Gasteiger partial charge in [-0.2, -0.15) is 0 Å². The van der Waals surface area contributed by atoms with Crippen molar-refractivity contribution in [2.75, 3.05) is 35.7 Å². The van der Waals surface area contributed by atoms with Crippen LogP contribution < -0.4 is 21.1 Å². The predicted molar refractivity (Wildman–Crippen MR) is 79.1 cm³/mol. The van der Waals surface area contributed by atoms with Gasteiger partial charge in [-0.1, -0.05) is 0 Å². The van der Waals surface area contributed by atoms with Crippen molar-refractivity contribution in [2.24, 2.45) is 0 Å². The van der Waals surface area contributed by atoms with Crippen LogP contribution in [0.2, 0.25) is 0 Å². The van der Waals surface area contributed by atoms with E-state index in [1.54, 1.807) is 6.07 Å². The van der Waals surface area contributed by atoms with E-state index in [2.05, 4.69) is 15.4 Å². The van der Waals surface area contributed by atoms with E-state index in [0.29, 0.717) is 24.2 Å². The molecule has 0 bridgehead atoms. The van der Waals surface area contributed by atoms with Gasteiger partial charge < -0.3 is 16.4 Å². The van der Waals surface area contributed by atoms with Crippen LogP contribution in [0.4, 0.5) is 17.1 Å². The van der Waals surface area contributed by atoms with Gasteiger partial charge in [0.2, 0.25) is 15.9 Å². The number of fused-ring (bicyclic) bond motifs is 1. The van der Waals surface area contributed by atoms with Gasteiger partial charge in [-0.15, -0.1) is 0 Å². The summed E-state index contributed by atoms with van der Waals surface area (Å²) >= 11 is 0. The lowest BCUT2D eigenvalue weighted by Gasteiger charge is -2.19. The Morgan fingerprint density at radius 3 is 2.80 bits per heavy atom. The molecule has 0 aromatic heterocycles. The summed E-state index contributed by atoms with van der Waals surface area (Å²) in [6.45, 7) is 0.262.